The second kappa shape index (κ2) is 7.72. The number of carbonyl (C=O) groups excluding carboxylic acids is 1. The summed E-state index contributed by atoms with van der Waals surface area (Å²) in [7, 11) is 0. The number of amides is 1. The molecule has 0 aliphatic heterocycles. The summed E-state index contributed by atoms with van der Waals surface area (Å²) in [6.45, 7) is 0. The van der Waals surface area contributed by atoms with Gasteiger partial charge in [-0.2, -0.15) is 0 Å². The SMILES string of the molecule is NC(CCc1ccccn1)c1ccc(NC(=O)c2cc(C3CC3)on2)cc1. The molecule has 1 aliphatic rings. The molecule has 1 aliphatic carbocycles. The Morgan fingerprint density at radius 1 is 1.22 bits per heavy atom. The largest absolute Gasteiger partial charge is 0.360 e. The molecule has 2 heterocycles. The Labute approximate surface area is 157 Å². The summed E-state index contributed by atoms with van der Waals surface area (Å²) in [4.78, 5) is 16.6. The lowest BCUT2D eigenvalue weighted by molar-refractivity contribution is 0.101. The molecule has 6 nitrogen and oxygen atoms in total. The van der Waals surface area contributed by atoms with E-state index >= 15 is 0 Å². The molecular weight excluding hydrogens is 340 g/mol. The van der Waals surface area contributed by atoms with Crippen molar-refractivity contribution in [3.05, 3.63) is 77.4 Å². The van der Waals surface area contributed by atoms with Gasteiger partial charge in [0, 0.05) is 35.6 Å². The maximum atomic E-state index is 12.3. The van der Waals surface area contributed by atoms with Crippen LogP contribution in [0, 0.1) is 0 Å². The average Bonchev–Trinajstić information content (AvgIpc) is 3.44. The summed E-state index contributed by atoms with van der Waals surface area (Å²) in [5, 5.41) is 6.70. The van der Waals surface area contributed by atoms with Gasteiger partial charge in [0.25, 0.3) is 5.91 Å². The number of rotatable bonds is 7. The second-order valence-corrected chi connectivity index (χ2v) is 6.93. The first kappa shape index (κ1) is 17.4. The third-order valence-electron chi connectivity index (χ3n) is 4.78. The van der Waals surface area contributed by atoms with E-state index in [1.165, 1.54) is 0 Å². The van der Waals surface area contributed by atoms with Crippen molar-refractivity contribution in [1.82, 2.24) is 10.1 Å². The fourth-order valence-electron chi connectivity index (χ4n) is 2.98. The molecule has 0 radical (unpaired) electrons. The highest BCUT2D eigenvalue weighted by atomic mass is 16.5. The number of aryl methyl sites for hydroxylation is 1. The van der Waals surface area contributed by atoms with E-state index < -0.39 is 0 Å². The molecule has 1 amide bonds. The summed E-state index contributed by atoms with van der Waals surface area (Å²) >= 11 is 0. The van der Waals surface area contributed by atoms with Crippen LogP contribution in [0.1, 0.15) is 58.7 Å². The molecule has 1 atom stereocenters. The van der Waals surface area contributed by atoms with Crippen LogP contribution in [0.25, 0.3) is 0 Å². The molecule has 27 heavy (non-hydrogen) atoms. The first-order valence-corrected chi connectivity index (χ1v) is 9.22. The summed E-state index contributed by atoms with van der Waals surface area (Å²) in [5.74, 6) is 0.970. The Balaban J connectivity index is 1.32. The molecule has 3 aromatic rings. The standard InChI is InChI=1S/C21H22N4O2/c22-18(11-10-16-3-1-2-12-23-16)14-6-8-17(9-7-14)24-21(26)19-13-20(27-25-19)15-4-5-15/h1-3,6-9,12-13,15,18H,4-5,10-11,22H2,(H,24,26). The molecule has 3 N–H and O–H groups in total. The average molecular weight is 362 g/mol. The van der Waals surface area contributed by atoms with Crippen molar-refractivity contribution in [2.24, 2.45) is 5.73 Å². The third kappa shape index (κ3) is 4.41. The first-order chi connectivity index (χ1) is 13.2. The summed E-state index contributed by atoms with van der Waals surface area (Å²) < 4.78 is 5.23. The van der Waals surface area contributed by atoms with Gasteiger partial charge in [-0.1, -0.05) is 23.4 Å². The minimum absolute atomic E-state index is 0.0756. The molecule has 1 unspecified atom stereocenters. The van der Waals surface area contributed by atoms with Crippen molar-refractivity contribution in [3.8, 4) is 0 Å². The smallest absolute Gasteiger partial charge is 0.277 e. The van der Waals surface area contributed by atoms with E-state index in [1.54, 1.807) is 12.3 Å². The van der Waals surface area contributed by atoms with Crippen molar-refractivity contribution in [3.63, 3.8) is 0 Å². The Morgan fingerprint density at radius 3 is 2.74 bits per heavy atom. The van der Waals surface area contributed by atoms with Crippen molar-refractivity contribution >= 4 is 11.6 Å². The van der Waals surface area contributed by atoms with Crippen molar-refractivity contribution in [1.29, 1.82) is 0 Å². The predicted octanol–water partition coefficient (Wildman–Crippen LogP) is 3.83. The van der Waals surface area contributed by atoms with E-state index in [4.69, 9.17) is 10.3 Å². The molecule has 6 heteroatoms. The Morgan fingerprint density at radius 2 is 2.04 bits per heavy atom. The van der Waals surface area contributed by atoms with E-state index in [0.717, 1.165) is 42.7 Å². The van der Waals surface area contributed by atoms with Gasteiger partial charge in [0.2, 0.25) is 0 Å². The lowest BCUT2D eigenvalue weighted by Gasteiger charge is -2.12. The zero-order valence-corrected chi connectivity index (χ0v) is 15.0. The van der Waals surface area contributed by atoms with Gasteiger partial charge in [0.15, 0.2) is 5.69 Å². The van der Waals surface area contributed by atoms with Crippen LogP contribution >= 0.6 is 0 Å². The van der Waals surface area contributed by atoms with Crippen LogP contribution in [0.15, 0.2) is 59.3 Å². The van der Waals surface area contributed by atoms with Gasteiger partial charge in [-0.25, -0.2) is 0 Å². The summed E-state index contributed by atoms with van der Waals surface area (Å²) in [6, 6.07) is 15.1. The highest BCUT2D eigenvalue weighted by molar-refractivity contribution is 6.02. The molecule has 2 aromatic heterocycles. The van der Waals surface area contributed by atoms with Crippen molar-refractivity contribution in [2.45, 2.75) is 37.6 Å². The fourth-order valence-corrected chi connectivity index (χ4v) is 2.98. The summed E-state index contributed by atoms with van der Waals surface area (Å²) in [5.41, 5.74) is 9.37. The molecule has 4 rings (SSSR count). The third-order valence-corrected chi connectivity index (χ3v) is 4.78. The number of hydrogen-bond acceptors (Lipinski definition) is 5. The number of pyridine rings is 1. The number of benzene rings is 1. The number of nitrogens with one attached hydrogen (secondary N) is 1. The molecular formula is C21H22N4O2. The Kier molecular flexibility index (Phi) is 4.98. The second-order valence-electron chi connectivity index (χ2n) is 6.93. The Hall–Kier alpha value is -2.99. The molecule has 0 saturated heterocycles. The normalized spacial score (nSPS) is 14.7. The predicted molar refractivity (Wildman–Crippen MR) is 102 cm³/mol. The van der Waals surface area contributed by atoms with E-state index in [0.29, 0.717) is 17.3 Å². The summed E-state index contributed by atoms with van der Waals surface area (Å²) in [6.07, 6.45) is 5.65. The zero-order chi connectivity index (χ0) is 18.6. The van der Waals surface area contributed by atoms with Crippen LogP contribution in [-0.4, -0.2) is 16.0 Å². The number of hydrogen-bond donors (Lipinski definition) is 2. The Bertz CT molecular complexity index is 901. The van der Waals surface area contributed by atoms with Crippen LogP contribution in [-0.2, 0) is 6.42 Å². The lowest BCUT2D eigenvalue weighted by Crippen LogP contribution is -2.13. The highest BCUT2D eigenvalue weighted by Crippen LogP contribution is 2.40. The van der Waals surface area contributed by atoms with Gasteiger partial charge < -0.3 is 15.6 Å². The van der Waals surface area contributed by atoms with Crippen molar-refractivity contribution < 1.29 is 9.32 Å². The van der Waals surface area contributed by atoms with Gasteiger partial charge >= 0.3 is 0 Å². The van der Waals surface area contributed by atoms with Crippen molar-refractivity contribution in [2.75, 3.05) is 5.32 Å². The van der Waals surface area contributed by atoms with Gasteiger partial charge in [0.05, 0.1) is 0 Å². The topological polar surface area (TPSA) is 94.0 Å². The van der Waals surface area contributed by atoms with Gasteiger partial charge in [-0.15, -0.1) is 0 Å². The van der Waals surface area contributed by atoms with Crippen LogP contribution in [0.5, 0.6) is 0 Å². The van der Waals surface area contributed by atoms with Crippen LogP contribution < -0.4 is 11.1 Å². The minimum atomic E-state index is -0.266. The molecule has 0 bridgehead atoms. The molecule has 1 fully saturated rings. The number of nitrogens with zero attached hydrogens (tertiary/aromatic N) is 2. The van der Waals surface area contributed by atoms with Crippen LogP contribution in [0.2, 0.25) is 0 Å². The van der Waals surface area contributed by atoms with E-state index in [2.05, 4.69) is 15.5 Å². The van der Waals surface area contributed by atoms with Gasteiger partial charge in [0.1, 0.15) is 5.76 Å². The first-order valence-electron chi connectivity index (χ1n) is 9.22. The van der Waals surface area contributed by atoms with E-state index in [9.17, 15) is 4.79 Å². The molecule has 0 spiro atoms. The minimum Gasteiger partial charge on any atom is -0.360 e. The molecule has 1 aromatic carbocycles. The maximum absolute atomic E-state index is 12.3. The maximum Gasteiger partial charge on any atom is 0.277 e. The quantitative estimate of drug-likeness (QED) is 0.666. The van der Waals surface area contributed by atoms with Crippen LogP contribution in [0.3, 0.4) is 0 Å². The lowest BCUT2D eigenvalue weighted by atomic mass is 10.0. The molecule has 1 saturated carbocycles. The number of aromatic nitrogens is 2. The number of nitrogens with two attached hydrogens (primary N) is 1. The van der Waals surface area contributed by atoms with Gasteiger partial charge in [-0.05, 0) is 55.5 Å². The zero-order valence-electron chi connectivity index (χ0n) is 15.0. The molecule has 138 valence electrons. The number of carbonyl (C=O) groups is 1. The van der Waals surface area contributed by atoms with Crippen LogP contribution in [0.4, 0.5) is 5.69 Å². The van der Waals surface area contributed by atoms with Gasteiger partial charge in [-0.3, -0.25) is 9.78 Å². The van der Waals surface area contributed by atoms with E-state index in [1.807, 2.05) is 42.5 Å². The van der Waals surface area contributed by atoms with E-state index in [-0.39, 0.29) is 11.9 Å². The monoisotopic (exact) mass is 362 g/mol. The number of anilines is 1. The fraction of sp³-hybridized carbons (Fsp3) is 0.286. The highest BCUT2D eigenvalue weighted by Gasteiger charge is 2.28.